The van der Waals surface area contributed by atoms with Crippen molar-refractivity contribution in [3.63, 3.8) is 0 Å². The van der Waals surface area contributed by atoms with Crippen LogP contribution in [0.4, 0.5) is 4.39 Å². The average Bonchev–Trinajstić information content (AvgIpc) is 2.86. The number of nitrogens with one attached hydrogen (secondary N) is 1. The summed E-state index contributed by atoms with van der Waals surface area (Å²) in [7, 11) is 0. The zero-order valence-corrected chi connectivity index (χ0v) is 12.1. The molecule has 0 spiro atoms. The minimum absolute atomic E-state index is 0.112. The van der Waals surface area contributed by atoms with Crippen molar-refractivity contribution >= 4 is 21.6 Å². The number of aromatic nitrogens is 2. The van der Waals surface area contributed by atoms with Crippen LogP contribution in [0.2, 0.25) is 0 Å². The Kier molecular flexibility index (Phi) is 2.89. The van der Waals surface area contributed by atoms with Gasteiger partial charge in [0.15, 0.2) is 0 Å². The first kappa shape index (κ1) is 12.7. The van der Waals surface area contributed by atoms with Gasteiger partial charge in [-0.2, -0.15) is 0 Å². The molecule has 21 heavy (non-hydrogen) atoms. The molecule has 0 aliphatic heterocycles. The summed E-state index contributed by atoms with van der Waals surface area (Å²) in [6, 6.07) is 6.14. The van der Waals surface area contributed by atoms with Crippen LogP contribution >= 0.6 is 11.3 Å². The average molecular weight is 300 g/mol. The molecule has 1 N–H and O–H groups in total. The van der Waals surface area contributed by atoms with Crippen molar-refractivity contribution in [3.8, 4) is 11.4 Å². The first-order valence-electron chi connectivity index (χ1n) is 7.03. The van der Waals surface area contributed by atoms with E-state index in [-0.39, 0.29) is 11.4 Å². The number of halogens is 1. The molecule has 0 bridgehead atoms. The van der Waals surface area contributed by atoms with Crippen molar-refractivity contribution in [1.29, 1.82) is 0 Å². The quantitative estimate of drug-likeness (QED) is 0.745. The van der Waals surface area contributed by atoms with E-state index in [0.717, 1.165) is 29.5 Å². The lowest BCUT2D eigenvalue weighted by Crippen LogP contribution is -2.11. The predicted octanol–water partition coefficient (Wildman–Crippen LogP) is 3.67. The van der Waals surface area contributed by atoms with E-state index in [4.69, 9.17) is 0 Å². The molecule has 1 aliphatic rings. The highest BCUT2D eigenvalue weighted by atomic mass is 32.1. The normalized spacial score (nSPS) is 14.3. The van der Waals surface area contributed by atoms with E-state index in [2.05, 4.69) is 9.97 Å². The highest BCUT2D eigenvalue weighted by Gasteiger charge is 2.20. The van der Waals surface area contributed by atoms with E-state index in [1.807, 2.05) is 0 Å². The summed E-state index contributed by atoms with van der Waals surface area (Å²) in [6.45, 7) is 0. The lowest BCUT2D eigenvalue weighted by Gasteiger charge is -2.09. The number of rotatable bonds is 1. The van der Waals surface area contributed by atoms with Crippen molar-refractivity contribution in [3.05, 3.63) is 50.9 Å². The zero-order chi connectivity index (χ0) is 14.4. The number of fused-ring (bicyclic) bond motifs is 3. The van der Waals surface area contributed by atoms with Gasteiger partial charge < -0.3 is 4.98 Å². The molecule has 3 nitrogen and oxygen atoms in total. The van der Waals surface area contributed by atoms with Crippen LogP contribution in [0.25, 0.3) is 21.6 Å². The van der Waals surface area contributed by atoms with Crippen molar-refractivity contribution in [2.24, 2.45) is 0 Å². The van der Waals surface area contributed by atoms with Crippen molar-refractivity contribution in [2.45, 2.75) is 25.7 Å². The number of aryl methyl sites for hydroxylation is 2. The summed E-state index contributed by atoms with van der Waals surface area (Å²) in [5.41, 5.74) is 1.65. The number of thiophene rings is 1. The number of hydrogen-bond donors (Lipinski definition) is 1. The van der Waals surface area contributed by atoms with E-state index in [1.54, 1.807) is 23.5 Å². The largest absolute Gasteiger partial charge is 0.306 e. The minimum atomic E-state index is -0.333. The number of benzene rings is 1. The molecule has 0 fully saturated rings. The summed E-state index contributed by atoms with van der Waals surface area (Å²) in [4.78, 5) is 21.8. The Morgan fingerprint density at radius 3 is 2.95 bits per heavy atom. The van der Waals surface area contributed by atoms with Gasteiger partial charge in [0.05, 0.1) is 5.39 Å². The molecule has 0 radical (unpaired) electrons. The van der Waals surface area contributed by atoms with Gasteiger partial charge in [-0.15, -0.1) is 11.3 Å². The third-order valence-electron chi connectivity index (χ3n) is 3.92. The molecule has 2 aromatic heterocycles. The number of nitrogens with zero attached hydrogens (tertiary/aromatic N) is 1. The van der Waals surface area contributed by atoms with Crippen LogP contribution in [-0.2, 0) is 12.8 Å². The van der Waals surface area contributed by atoms with E-state index in [0.29, 0.717) is 11.4 Å². The van der Waals surface area contributed by atoms with Crippen LogP contribution in [0.3, 0.4) is 0 Å². The number of hydrogen-bond acceptors (Lipinski definition) is 3. The molecule has 0 saturated carbocycles. The molecule has 106 valence electrons. The van der Waals surface area contributed by atoms with Crippen molar-refractivity contribution < 1.29 is 4.39 Å². The SMILES string of the molecule is O=c1[nH]c(-c2cccc(F)c2)nc2sc3c(c12)CCCC3. The van der Waals surface area contributed by atoms with Gasteiger partial charge in [0, 0.05) is 10.4 Å². The maximum absolute atomic E-state index is 13.3. The van der Waals surface area contributed by atoms with Gasteiger partial charge in [-0.1, -0.05) is 12.1 Å². The summed E-state index contributed by atoms with van der Waals surface area (Å²) in [5.74, 6) is 0.103. The Morgan fingerprint density at radius 1 is 1.24 bits per heavy atom. The lowest BCUT2D eigenvalue weighted by atomic mass is 9.97. The maximum atomic E-state index is 13.3. The first-order chi connectivity index (χ1) is 10.2. The van der Waals surface area contributed by atoms with Crippen LogP contribution in [0.15, 0.2) is 29.1 Å². The molecule has 1 aliphatic carbocycles. The van der Waals surface area contributed by atoms with E-state index in [9.17, 15) is 9.18 Å². The fourth-order valence-corrected chi connectivity index (χ4v) is 4.20. The standard InChI is InChI=1S/C16H13FN2OS/c17-10-5-3-4-9(8-10)14-18-15(20)13-11-6-1-2-7-12(11)21-16(13)19-14/h3-5,8H,1-2,6-7H2,(H,18,19,20). The highest BCUT2D eigenvalue weighted by molar-refractivity contribution is 7.18. The second kappa shape index (κ2) is 4.77. The number of aromatic amines is 1. The molecule has 3 aromatic rings. The fourth-order valence-electron chi connectivity index (χ4n) is 2.94. The third-order valence-corrected chi connectivity index (χ3v) is 5.11. The highest BCUT2D eigenvalue weighted by Crippen LogP contribution is 2.34. The topological polar surface area (TPSA) is 45.8 Å². The van der Waals surface area contributed by atoms with Gasteiger partial charge >= 0.3 is 0 Å². The molecule has 2 heterocycles. The zero-order valence-electron chi connectivity index (χ0n) is 11.3. The Morgan fingerprint density at radius 2 is 2.10 bits per heavy atom. The van der Waals surface area contributed by atoms with Crippen LogP contribution in [0.5, 0.6) is 0 Å². The lowest BCUT2D eigenvalue weighted by molar-refractivity contribution is 0.628. The van der Waals surface area contributed by atoms with Gasteiger partial charge in [0.1, 0.15) is 16.5 Å². The predicted molar refractivity (Wildman–Crippen MR) is 82.3 cm³/mol. The van der Waals surface area contributed by atoms with Crippen LogP contribution < -0.4 is 5.56 Å². The summed E-state index contributed by atoms with van der Waals surface area (Å²) < 4.78 is 13.3. The van der Waals surface area contributed by atoms with Gasteiger partial charge in [-0.05, 0) is 43.4 Å². The summed E-state index contributed by atoms with van der Waals surface area (Å²) in [5, 5.41) is 0.731. The summed E-state index contributed by atoms with van der Waals surface area (Å²) >= 11 is 1.60. The molecular weight excluding hydrogens is 287 g/mol. The Labute approximate surface area is 124 Å². The smallest absolute Gasteiger partial charge is 0.260 e. The van der Waals surface area contributed by atoms with Crippen LogP contribution in [0, 0.1) is 5.82 Å². The fraction of sp³-hybridized carbons (Fsp3) is 0.250. The molecule has 0 unspecified atom stereocenters. The molecule has 0 saturated heterocycles. The van der Waals surface area contributed by atoms with Crippen LogP contribution in [0.1, 0.15) is 23.3 Å². The van der Waals surface area contributed by atoms with Crippen LogP contribution in [-0.4, -0.2) is 9.97 Å². The minimum Gasteiger partial charge on any atom is -0.306 e. The van der Waals surface area contributed by atoms with E-state index < -0.39 is 0 Å². The molecule has 4 rings (SSSR count). The Balaban J connectivity index is 1.96. The second-order valence-electron chi connectivity index (χ2n) is 5.32. The van der Waals surface area contributed by atoms with Crippen molar-refractivity contribution in [2.75, 3.05) is 0 Å². The molecular formula is C16H13FN2OS. The Bertz CT molecular complexity index is 897. The molecule has 5 heteroatoms. The van der Waals surface area contributed by atoms with Gasteiger partial charge in [0.2, 0.25) is 0 Å². The summed E-state index contributed by atoms with van der Waals surface area (Å²) in [6.07, 6.45) is 4.29. The second-order valence-corrected chi connectivity index (χ2v) is 6.40. The van der Waals surface area contributed by atoms with Gasteiger partial charge in [-0.3, -0.25) is 4.79 Å². The van der Waals surface area contributed by atoms with Gasteiger partial charge in [-0.25, -0.2) is 9.37 Å². The Hall–Kier alpha value is -2.01. The van der Waals surface area contributed by atoms with Gasteiger partial charge in [0.25, 0.3) is 5.56 Å². The molecule has 0 atom stereocenters. The van der Waals surface area contributed by atoms with E-state index >= 15 is 0 Å². The molecule has 0 amide bonds. The molecule has 1 aromatic carbocycles. The third kappa shape index (κ3) is 2.08. The maximum Gasteiger partial charge on any atom is 0.260 e. The van der Waals surface area contributed by atoms with Crippen molar-refractivity contribution in [1.82, 2.24) is 9.97 Å². The first-order valence-corrected chi connectivity index (χ1v) is 7.84. The monoisotopic (exact) mass is 300 g/mol. The number of H-pyrrole nitrogens is 1. The van der Waals surface area contributed by atoms with E-state index in [1.165, 1.54) is 29.0 Å².